The quantitative estimate of drug-likeness (QED) is 0.738. The average Bonchev–Trinajstić information content (AvgIpc) is 2.67. The Balaban J connectivity index is 2.67. The second-order valence-electron chi connectivity index (χ2n) is 3.20. The fraction of sp³-hybridized carbons (Fsp3) is 0.300. The van der Waals surface area contributed by atoms with Gasteiger partial charge in [-0.25, -0.2) is 0 Å². The predicted octanol–water partition coefficient (Wildman–Crippen LogP) is 1.11. The lowest BCUT2D eigenvalue weighted by Gasteiger charge is -2.07. The van der Waals surface area contributed by atoms with E-state index in [0.29, 0.717) is 5.69 Å². The molecular weight excluding hydrogens is 192 g/mol. The molecule has 0 saturated carbocycles. The molecule has 5 nitrogen and oxygen atoms in total. The molecule has 0 saturated heterocycles. The Morgan fingerprint density at radius 1 is 1.53 bits per heavy atom. The number of nitrogen functional groups attached to an aromatic ring is 1. The van der Waals surface area contributed by atoms with Crippen molar-refractivity contribution in [2.75, 3.05) is 24.7 Å². The van der Waals surface area contributed by atoms with Gasteiger partial charge in [-0.3, -0.25) is 0 Å². The van der Waals surface area contributed by atoms with Crippen LogP contribution in [0.3, 0.4) is 0 Å². The number of hydrogen-bond donors (Lipinski definition) is 2. The summed E-state index contributed by atoms with van der Waals surface area (Å²) >= 11 is 0. The van der Waals surface area contributed by atoms with Crippen LogP contribution in [-0.4, -0.2) is 23.6 Å². The van der Waals surface area contributed by atoms with E-state index in [1.807, 2.05) is 19.1 Å². The van der Waals surface area contributed by atoms with Gasteiger partial charge in [-0.15, -0.1) is 5.10 Å². The fourth-order valence-corrected chi connectivity index (χ4v) is 1.62. The number of hydrogen-bond acceptors (Lipinski definition) is 4. The van der Waals surface area contributed by atoms with Crippen LogP contribution in [0.25, 0.3) is 10.9 Å². The van der Waals surface area contributed by atoms with Crippen LogP contribution in [-0.2, 0) is 0 Å². The van der Waals surface area contributed by atoms with Crippen molar-refractivity contribution in [3.63, 3.8) is 0 Å². The summed E-state index contributed by atoms with van der Waals surface area (Å²) in [4.78, 5) is 6.50. The molecule has 80 valence electrons. The zero-order valence-corrected chi connectivity index (χ0v) is 8.82. The number of nitrogens with two attached hydrogens (primary N) is 1. The van der Waals surface area contributed by atoms with Gasteiger partial charge < -0.3 is 15.9 Å². The van der Waals surface area contributed by atoms with E-state index in [1.165, 1.54) is 4.85 Å². The molecule has 0 spiro atoms. The zero-order chi connectivity index (χ0) is 10.8. The molecule has 0 bridgehead atoms. The minimum Gasteiger partial charge on any atom is -0.399 e. The molecule has 2 rings (SSSR count). The lowest BCUT2D eigenvalue weighted by Crippen LogP contribution is -2.08. The first-order valence-electron chi connectivity index (χ1n) is 4.82. The molecule has 3 N–H and O–H groups in total. The first kappa shape index (κ1) is 9.64. The van der Waals surface area contributed by atoms with Crippen LogP contribution in [0, 0.1) is 0 Å². The van der Waals surface area contributed by atoms with E-state index in [4.69, 9.17) is 10.6 Å². The SMILES string of the molecule is CCNc1ccc(N)c2c1cnn2OC. The minimum absolute atomic E-state index is 0.658. The third-order valence-electron chi connectivity index (χ3n) is 2.27. The summed E-state index contributed by atoms with van der Waals surface area (Å²) < 4.78 is 0. The Morgan fingerprint density at radius 3 is 3.00 bits per heavy atom. The third-order valence-corrected chi connectivity index (χ3v) is 2.27. The molecule has 0 radical (unpaired) electrons. The van der Waals surface area contributed by atoms with Crippen molar-refractivity contribution in [2.24, 2.45) is 0 Å². The summed E-state index contributed by atoms with van der Waals surface area (Å²) in [7, 11) is 1.56. The van der Waals surface area contributed by atoms with E-state index >= 15 is 0 Å². The van der Waals surface area contributed by atoms with Gasteiger partial charge in [-0.1, -0.05) is 4.85 Å². The van der Waals surface area contributed by atoms with Crippen LogP contribution >= 0.6 is 0 Å². The molecule has 0 unspecified atom stereocenters. The van der Waals surface area contributed by atoms with Gasteiger partial charge >= 0.3 is 0 Å². The van der Waals surface area contributed by atoms with E-state index in [0.717, 1.165) is 23.1 Å². The highest BCUT2D eigenvalue weighted by atomic mass is 16.7. The molecule has 0 amide bonds. The molecular formula is C10H14N4O. The highest BCUT2D eigenvalue weighted by Crippen LogP contribution is 2.27. The Morgan fingerprint density at radius 2 is 2.33 bits per heavy atom. The maximum Gasteiger partial charge on any atom is 0.135 e. The molecule has 0 fully saturated rings. The maximum absolute atomic E-state index is 5.87. The highest BCUT2D eigenvalue weighted by Gasteiger charge is 2.09. The van der Waals surface area contributed by atoms with E-state index in [1.54, 1.807) is 13.3 Å². The summed E-state index contributed by atoms with van der Waals surface area (Å²) in [6, 6.07) is 3.79. The number of anilines is 2. The first-order valence-corrected chi connectivity index (χ1v) is 4.82. The normalized spacial score (nSPS) is 10.5. The molecule has 15 heavy (non-hydrogen) atoms. The van der Waals surface area contributed by atoms with Crippen molar-refractivity contribution in [2.45, 2.75) is 6.92 Å². The molecule has 5 heteroatoms. The second-order valence-corrected chi connectivity index (χ2v) is 3.20. The minimum atomic E-state index is 0.658. The van der Waals surface area contributed by atoms with Gasteiger partial charge in [0.05, 0.1) is 11.9 Å². The van der Waals surface area contributed by atoms with Crippen molar-refractivity contribution in [1.29, 1.82) is 0 Å². The highest BCUT2D eigenvalue weighted by molar-refractivity contribution is 5.98. The number of benzene rings is 1. The molecule has 2 aromatic rings. The molecule has 0 aliphatic heterocycles. The number of rotatable bonds is 3. The van der Waals surface area contributed by atoms with E-state index in [2.05, 4.69) is 10.4 Å². The van der Waals surface area contributed by atoms with Crippen molar-refractivity contribution in [3.05, 3.63) is 18.3 Å². The summed E-state index contributed by atoms with van der Waals surface area (Å²) in [6.07, 6.45) is 1.74. The third kappa shape index (κ3) is 1.45. The van der Waals surface area contributed by atoms with Crippen molar-refractivity contribution in [1.82, 2.24) is 9.94 Å². The van der Waals surface area contributed by atoms with Crippen LogP contribution in [0.2, 0.25) is 0 Å². The molecule has 0 atom stereocenters. The average molecular weight is 206 g/mol. The van der Waals surface area contributed by atoms with E-state index in [-0.39, 0.29) is 0 Å². The molecule has 0 aliphatic carbocycles. The second kappa shape index (κ2) is 3.68. The Bertz CT molecular complexity index is 477. The largest absolute Gasteiger partial charge is 0.399 e. The standard InChI is InChI=1S/C10H14N4O/c1-3-12-9-5-4-8(11)10-7(9)6-13-14(10)15-2/h4-6,12H,3,11H2,1-2H3. The van der Waals surface area contributed by atoms with Crippen molar-refractivity contribution in [3.8, 4) is 0 Å². The zero-order valence-electron chi connectivity index (χ0n) is 8.82. The summed E-state index contributed by atoms with van der Waals surface area (Å²) in [5, 5.41) is 8.31. The molecule has 0 aliphatic rings. The predicted molar refractivity (Wildman–Crippen MR) is 60.8 cm³/mol. The maximum atomic E-state index is 5.87. The van der Waals surface area contributed by atoms with Gasteiger partial charge in [0.2, 0.25) is 0 Å². The topological polar surface area (TPSA) is 65.1 Å². The van der Waals surface area contributed by atoms with Gasteiger partial charge in [0.25, 0.3) is 0 Å². The first-order chi connectivity index (χ1) is 7.27. The lowest BCUT2D eigenvalue weighted by molar-refractivity contribution is 0.145. The van der Waals surface area contributed by atoms with Crippen LogP contribution < -0.4 is 15.9 Å². The van der Waals surface area contributed by atoms with Crippen molar-refractivity contribution >= 4 is 22.3 Å². The van der Waals surface area contributed by atoms with Gasteiger partial charge in [0.15, 0.2) is 0 Å². The smallest absolute Gasteiger partial charge is 0.135 e. The molecule has 1 heterocycles. The van der Waals surface area contributed by atoms with Gasteiger partial charge in [-0.2, -0.15) is 0 Å². The number of fused-ring (bicyclic) bond motifs is 1. The summed E-state index contributed by atoms with van der Waals surface area (Å²) in [5.74, 6) is 0. The monoisotopic (exact) mass is 206 g/mol. The molecule has 1 aromatic heterocycles. The van der Waals surface area contributed by atoms with Crippen LogP contribution in [0.1, 0.15) is 6.92 Å². The Labute approximate surface area is 87.8 Å². The summed E-state index contributed by atoms with van der Waals surface area (Å²) in [6.45, 7) is 2.90. The molecule has 1 aromatic carbocycles. The van der Waals surface area contributed by atoms with Gasteiger partial charge in [0, 0.05) is 17.6 Å². The van der Waals surface area contributed by atoms with E-state index < -0.39 is 0 Å². The van der Waals surface area contributed by atoms with Gasteiger partial charge in [0.1, 0.15) is 12.6 Å². The number of nitrogens with one attached hydrogen (secondary N) is 1. The van der Waals surface area contributed by atoms with Crippen molar-refractivity contribution < 1.29 is 4.84 Å². The number of nitrogens with zero attached hydrogens (tertiary/aromatic N) is 2. The fourth-order valence-electron chi connectivity index (χ4n) is 1.62. The van der Waals surface area contributed by atoms with Crippen LogP contribution in [0.4, 0.5) is 11.4 Å². The summed E-state index contributed by atoms with van der Waals surface area (Å²) in [5.41, 5.74) is 8.35. The van der Waals surface area contributed by atoms with Crippen LogP contribution in [0.5, 0.6) is 0 Å². The lowest BCUT2D eigenvalue weighted by atomic mass is 10.2. The van der Waals surface area contributed by atoms with E-state index in [9.17, 15) is 0 Å². The Hall–Kier alpha value is -1.91. The van der Waals surface area contributed by atoms with Gasteiger partial charge in [-0.05, 0) is 19.1 Å². The Kier molecular flexibility index (Phi) is 2.37. The number of aromatic nitrogens is 2. The van der Waals surface area contributed by atoms with Crippen LogP contribution in [0.15, 0.2) is 18.3 Å².